The summed E-state index contributed by atoms with van der Waals surface area (Å²) in [4.78, 5) is 11.8. The number of carbonyl (C=O) groups is 1. The Bertz CT molecular complexity index is 227. The van der Waals surface area contributed by atoms with Crippen LogP contribution in [-0.4, -0.2) is 29.5 Å². The third-order valence-electron chi connectivity index (χ3n) is 3.47. The van der Waals surface area contributed by atoms with Crippen molar-refractivity contribution in [3.63, 3.8) is 0 Å². The minimum atomic E-state index is -0.0782. The molecule has 3 N–H and O–H groups in total. The number of thioether (sulfide) groups is 1. The SMILES string of the molecule is CCCCSCCC(=O)NC1(CN)CCCC1. The van der Waals surface area contributed by atoms with Crippen LogP contribution in [0, 0.1) is 0 Å². The van der Waals surface area contributed by atoms with Crippen molar-refractivity contribution in [2.45, 2.75) is 57.4 Å². The molecule has 100 valence electrons. The average Bonchev–Trinajstić information content (AvgIpc) is 2.78. The zero-order valence-corrected chi connectivity index (χ0v) is 11.8. The minimum Gasteiger partial charge on any atom is -0.349 e. The van der Waals surface area contributed by atoms with Gasteiger partial charge in [0.05, 0.1) is 5.54 Å². The van der Waals surface area contributed by atoms with Gasteiger partial charge in [0, 0.05) is 18.7 Å². The van der Waals surface area contributed by atoms with Crippen LogP contribution in [0.1, 0.15) is 51.9 Å². The molecule has 0 saturated heterocycles. The van der Waals surface area contributed by atoms with Crippen molar-refractivity contribution >= 4 is 17.7 Å². The fourth-order valence-electron chi connectivity index (χ4n) is 2.30. The molecule has 17 heavy (non-hydrogen) atoms. The van der Waals surface area contributed by atoms with Crippen LogP contribution >= 0.6 is 11.8 Å². The Morgan fingerprint density at radius 3 is 2.65 bits per heavy atom. The predicted octanol–water partition coefficient (Wildman–Crippen LogP) is 2.30. The summed E-state index contributed by atoms with van der Waals surface area (Å²) in [5.74, 6) is 2.29. The van der Waals surface area contributed by atoms with E-state index in [1.807, 2.05) is 11.8 Å². The summed E-state index contributed by atoms with van der Waals surface area (Å²) in [5.41, 5.74) is 5.71. The van der Waals surface area contributed by atoms with Crippen LogP contribution in [0.5, 0.6) is 0 Å². The number of nitrogens with two attached hydrogens (primary N) is 1. The molecule has 0 aromatic rings. The van der Waals surface area contributed by atoms with Crippen molar-refractivity contribution in [1.29, 1.82) is 0 Å². The zero-order chi connectivity index (χ0) is 12.6. The first-order valence-electron chi connectivity index (χ1n) is 6.81. The highest BCUT2D eigenvalue weighted by Crippen LogP contribution is 2.28. The summed E-state index contributed by atoms with van der Waals surface area (Å²) in [6.45, 7) is 2.78. The molecule has 4 heteroatoms. The van der Waals surface area contributed by atoms with E-state index in [0.29, 0.717) is 13.0 Å². The van der Waals surface area contributed by atoms with Crippen LogP contribution in [-0.2, 0) is 4.79 Å². The number of rotatable bonds is 8. The maximum Gasteiger partial charge on any atom is 0.221 e. The molecule has 0 spiro atoms. The first-order valence-corrected chi connectivity index (χ1v) is 7.97. The molecule has 0 atom stereocenters. The van der Waals surface area contributed by atoms with Crippen LogP contribution in [0.4, 0.5) is 0 Å². The van der Waals surface area contributed by atoms with E-state index in [0.717, 1.165) is 18.6 Å². The normalized spacial score (nSPS) is 18.2. The standard InChI is InChI=1S/C13H26N2OS/c1-2-3-9-17-10-6-12(16)15-13(11-14)7-4-5-8-13/h2-11,14H2,1H3,(H,15,16). The van der Waals surface area contributed by atoms with Gasteiger partial charge in [-0.3, -0.25) is 4.79 Å². The lowest BCUT2D eigenvalue weighted by Gasteiger charge is -2.28. The summed E-state index contributed by atoms with van der Waals surface area (Å²) in [6.07, 6.45) is 7.62. The Morgan fingerprint density at radius 2 is 2.06 bits per heavy atom. The highest BCUT2D eigenvalue weighted by molar-refractivity contribution is 7.99. The van der Waals surface area contributed by atoms with Gasteiger partial charge in [0.15, 0.2) is 0 Å². The van der Waals surface area contributed by atoms with E-state index in [4.69, 9.17) is 5.73 Å². The number of carbonyl (C=O) groups excluding carboxylic acids is 1. The summed E-state index contributed by atoms with van der Waals surface area (Å²) >= 11 is 1.88. The lowest BCUT2D eigenvalue weighted by atomic mass is 9.98. The Hall–Kier alpha value is -0.220. The molecule has 0 aromatic heterocycles. The maximum absolute atomic E-state index is 11.8. The van der Waals surface area contributed by atoms with E-state index in [2.05, 4.69) is 12.2 Å². The minimum absolute atomic E-state index is 0.0782. The fourth-order valence-corrected chi connectivity index (χ4v) is 3.33. The van der Waals surface area contributed by atoms with Crippen LogP contribution in [0.25, 0.3) is 0 Å². The second-order valence-corrected chi connectivity index (χ2v) is 6.18. The first kappa shape index (κ1) is 14.8. The predicted molar refractivity (Wildman–Crippen MR) is 75.2 cm³/mol. The molecule has 0 aromatic carbocycles. The van der Waals surface area contributed by atoms with Gasteiger partial charge in [-0.15, -0.1) is 0 Å². The topological polar surface area (TPSA) is 55.1 Å². The highest BCUT2D eigenvalue weighted by atomic mass is 32.2. The van der Waals surface area contributed by atoms with Crippen LogP contribution in [0.15, 0.2) is 0 Å². The van der Waals surface area contributed by atoms with Crippen molar-refractivity contribution < 1.29 is 4.79 Å². The van der Waals surface area contributed by atoms with Crippen molar-refractivity contribution in [1.82, 2.24) is 5.32 Å². The van der Waals surface area contributed by atoms with Gasteiger partial charge < -0.3 is 11.1 Å². The molecule has 1 fully saturated rings. The van der Waals surface area contributed by atoms with Crippen molar-refractivity contribution in [3.05, 3.63) is 0 Å². The molecular weight excluding hydrogens is 232 g/mol. The van der Waals surface area contributed by atoms with Gasteiger partial charge in [-0.1, -0.05) is 26.2 Å². The summed E-state index contributed by atoms with van der Waals surface area (Å²) in [7, 11) is 0. The van der Waals surface area contributed by atoms with Gasteiger partial charge >= 0.3 is 0 Å². The number of nitrogens with one attached hydrogen (secondary N) is 1. The van der Waals surface area contributed by atoms with E-state index in [1.165, 1.54) is 31.4 Å². The van der Waals surface area contributed by atoms with E-state index in [1.54, 1.807) is 0 Å². The quantitative estimate of drug-likeness (QED) is 0.657. The maximum atomic E-state index is 11.8. The second-order valence-electron chi connectivity index (χ2n) is 4.96. The molecule has 0 aliphatic heterocycles. The Morgan fingerprint density at radius 1 is 1.35 bits per heavy atom. The van der Waals surface area contributed by atoms with Crippen molar-refractivity contribution in [3.8, 4) is 0 Å². The summed E-state index contributed by atoms with van der Waals surface area (Å²) < 4.78 is 0. The molecule has 1 aliphatic carbocycles. The second kappa shape index (κ2) is 7.98. The Balaban J connectivity index is 2.15. The first-order chi connectivity index (χ1) is 8.22. The largest absolute Gasteiger partial charge is 0.349 e. The Labute approximate surface area is 109 Å². The Kier molecular flexibility index (Phi) is 6.97. The van der Waals surface area contributed by atoms with E-state index < -0.39 is 0 Å². The molecule has 0 heterocycles. The molecule has 0 bridgehead atoms. The third-order valence-corrected chi connectivity index (χ3v) is 4.54. The monoisotopic (exact) mass is 258 g/mol. The summed E-state index contributed by atoms with van der Waals surface area (Å²) in [5, 5.41) is 3.16. The van der Waals surface area contributed by atoms with Gasteiger partial charge in [0.2, 0.25) is 5.91 Å². The van der Waals surface area contributed by atoms with E-state index in [9.17, 15) is 4.79 Å². The van der Waals surface area contributed by atoms with E-state index in [-0.39, 0.29) is 11.4 Å². The number of unbranched alkanes of at least 4 members (excludes halogenated alkanes) is 1. The van der Waals surface area contributed by atoms with Crippen LogP contribution in [0.2, 0.25) is 0 Å². The molecule has 1 saturated carbocycles. The molecule has 1 amide bonds. The molecule has 0 radical (unpaired) electrons. The lowest BCUT2D eigenvalue weighted by Crippen LogP contribution is -2.51. The van der Waals surface area contributed by atoms with Crippen LogP contribution in [0.3, 0.4) is 0 Å². The third kappa shape index (κ3) is 5.30. The zero-order valence-electron chi connectivity index (χ0n) is 11.0. The lowest BCUT2D eigenvalue weighted by molar-refractivity contribution is -0.122. The van der Waals surface area contributed by atoms with Crippen molar-refractivity contribution in [2.75, 3.05) is 18.1 Å². The van der Waals surface area contributed by atoms with Gasteiger partial charge in [-0.05, 0) is 25.0 Å². The van der Waals surface area contributed by atoms with Gasteiger partial charge in [-0.2, -0.15) is 11.8 Å². The molecular formula is C13H26N2OS. The fraction of sp³-hybridized carbons (Fsp3) is 0.923. The van der Waals surface area contributed by atoms with Gasteiger partial charge in [0.25, 0.3) is 0 Å². The molecule has 0 unspecified atom stereocenters. The van der Waals surface area contributed by atoms with Gasteiger partial charge in [0.1, 0.15) is 0 Å². The summed E-state index contributed by atoms with van der Waals surface area (Å²) in [6, 6.07) is 0. The van der Waals surface area contributed by atoms with Gasteiger partial charge in [-0.25, -0.2) is 0 Å². The molecule has 3 nitrogen and oxygen atoms in total. The smallest absolute Gasteiger partial charge is 0.221 e. The average molecular weight is 258 g/mol. The molecule has 1 rings (SSSR count). The number of hydrogen-bond donors (Lipinski definition) is 2. The number of amides is 1. The molecule has 1 aliphatic rings. The highest BCUT2D eigenvalue weighted by Gasteiger charge is 2.33. The number of hydrogen-bond acceptors (Lipinski definition) is 3. The van der Waals surface area contributed by atoms with Crippen molar-refractivity contribution in [2.24, 2.45) is 5.73 Å². The van der Waals surface area contributed by atoms with Crippen LogP contribution < -0.4 is 11.1 Å². The van der Waals surface area contributed by atoms with E-state index >= 15 is 0 Å².